The topological polar surface area (TPSA) is 3.24 Å². The normalized spacial score (nSPS) is 20.6. The number of alkyl halides is 3. The van der Waals surface area contributed by atoms with Crippen molar-refractivity contribution in [2.45, 2.75) is 23.4 Å². The van der Waals surface area contributed by atoms with E-state index in [4.69, 9.17) is 0 Å². The predicted molar refractivity (Wildman–Crippen MR) is 55.2 cm³/mol. The summed E-state index contributed by atoms with van der Waals surface area (Å²) in [5.41, 5.74) is 0.0881. The fourth-order valence-electron chi connectivity index (χ4n) is 1.53. The molecule has 1 unspecified atom stereocenters. The number of nitrogens with zero attached hydrogens (tertiary/aromatic N) is 1. The van der Waals surface area contributed by atoms with Gasteiger partial charge < -0.3 is 4.90 Å². The summed E-state index contributed by atoms with van der Waals surface area (Å²) in [4.78, 5) is 2.77. The number of fused-ring (bicyclic) bond motifs is 1. The number of benzene rings is 1. The van der Waals surface area contributed by atoms with Gasteiger partial charge in [-0.25, -0.2) is 0 Å². The minimum Gasteiger partial charge on any atom is -0.362 e. The van der Waals surface area contributed by atoms with Crippen LogP contribution in [0, 0.1) is 0 Å². The molecule has 0 saturated heterocycles. The average molecular weight is 233 g/mol. The first-order valence-electron chi connectivity index (χ1n) is 4.50. The van der Waals surface area contributed by atoms with Crippen LogP contribution in [0.3, 0.4) is 0 Å². The van der Waals surface area contributed by atoms with Gasteiger partial charge in [0.25, 0.3) is 0 Å². The molecule has 0 fully saturated rings. The first kappa shape index (κ1) is 10.7. The van der Waals surface area contributed by atoms with Crippen LogP contribution in [-0.2, 0) is 6.18 Å². The van der Waals surface area contributed by atoms with Crippen molar-refractivity contribution in [1.29, 1.82) is 0 Å². The molecular weight excluding hydrogens is 223 g/mol. The third kappa shape index (κ3) is 1.80. The summed E-state index contributed by atoms with van der Waals surface area (Å²) in [6.07, 6.45) is -4.26. The molecule has 1 aliphatic rings. The Morgan fingerprint density at radius 3 is 2.60 bits per heavy atom. The molecule has 15 heavy (non-hydrogen) atoms. The summed E-state index contributed by atoms with van der Waals surface area (Å²) in [6.45, 7) is 1.97. The van der Waals surface area contributed by atoms with Gasteiger partial charge in [-0.3, -0.25) is 0 Å². The standard InChI is InChI=1S/C10H10F3NS/c1-6-14(2)8-5-7(10(11,12)13)3-4-9(8)15-6/h3-6H,1-2H3. The Kier molecular flexibility index (Phi) is 2.37. The van der Waals surface area contributed by atoms with Gasteiger partial charge in [-0.1, -0.05) is 11.8 Å². The Balaban J connectivity index is 2.44. The van der Waals surface area contributed by atoms with Crippen LogP contribution in [-0.4, -0.2) is 12.4 Å². The molecule has 0 saturated carbocycles. The van der Waals surface area contributed by atoms with E-state index in [0.717, 1.165) is 11.0 Å². The molecule has 0 N–H and O–H groups in total. The van der Waals surface area contributed by atoms with Crippen molar-refractivity contribution >= 4 is 17.4 Å². The van der Waals surface area contributed by atoms with Crippen molar-refractivity contribution in [3.8, 4) is 0 Å². The van der Waals surface area contributed by atoms with Crippen LogP contribution in [0.25, 0.3) is 0 Å². The molecule has 0 bridgehead atoms. The van der Waals surface area contributed by atoms with E-state index in [-0.39, 0.29) is 5.37 Å². The molecule has 0 amide bonds. The van der Waals surface area contributed by atoms with Crippen molar-refractivity contribution in [1.82, 2.24) is 0 Å². The monoisotopic (exact) mass is 233 g/mol. The van der Waals surface area contributed by atoms with Crippen LogP contribution < -0.4 is 4.90 Å². The first-order valence-corrected chi connectivity index (χ1v) is 5.38. The predicted octanol–water partition coefficient (Wildman–Crippen LogP) is 3.59. The lowest BCUT2D eigenvalue weighted by molar-refractivity contribution is -0.137. The summed E-state index contributed by atoms with van der Waals surface area (Å²) in [7, 11) is 1.81. The average Bonchev–Trinajstić information content (AvgIpc) is 2.41. The molecule has 1 aromatic carbocycles. The van der Waals surface area contributed by atoms with Crippen LogP contribution >= 0.6 is 11.8 Å². The molecule has 1 aromatic rings. The Bertz CT molecular complexity index is 389. The fraction of sp³-hybridized carbons (Fsp3) is 0.400. The summed E-state index contributed by atoms with van der Waals surface area (Å²) in [6, 6.07) is 3.90. The minimum atomic E-state index is -4.26. The highest BCUT2D eigenvalue weighted by Gasteiger charge is 2.33. The van der Waals surface area contributed by atoms with E-state index in [1.807, 2.05) is 18.9 Å². The number of hydrogen-bond donors (Lipinski definition) is 0. The summed E-state index contributed by atoms with van der Waals surface area (Å²) >= 11 is 1.58. The third-order valence-electron chi connectivity index (χ3n) is 2.51. The van der Waals surface area contributed by atoms with Gasteiger partial charge in [0, 0.05) is 11.9 Å². The molecule has 1 atom stereocenters. The molecule has 2 rings (SSSR count). The van der Waals surface area contributed by atoms with Crippen molar-refractivity contribution in [2.24, 2.45) is 0 Å². The quantitative estimate of drug-likeness (QED) is 0.673. The summed E-state index contributed by atoms with van der Waals surface area (Å²) < 4.78 is 37.4. The smallest absolute Gasteiger partial charge is 0.362 e. The van der Waals surface area contributed by atoms with E-state index in [1.165, 1.54) is 6.07 Å². The molecule has 1 aliphatic heterocycles. The zero-order valence-electron chi connectivity index (χ0n) is 8.30. The van der Waals surface area contributed by atoms with E-state index < -0.39 is 11.7 Å². The number of hydrogen-bond acceptors (Lipinski definition) is 2. The van der Waals surface area contributed by atoms with Crippen LogP contribution in [0.2, 0.25) is 0 Å². The Morgan fingerprint density at radius 1 is 1.33 bits per heavy atom. The van der Waals surface area contributed by atoms with Gasteiger partial charge in [-0.15, -0.1) is 0 Å². The van der Waals surface area contributed by atoms with E-state index >= 15 is 0 Å². The molecule has 0 radical (unpaired) electrons. The molecule has 1 heterocycles. The molecule has 82 valence electrons. The largest absolute Gasteiger partial charge is 0.416 e. The van der Waals surface area contributed by atoms with E-state index in [2.05, 4.69) is 0 Å². The Hall–Kier alpha value is -0.840. The van der Waals surface area contributed by atoms with Gasteiger partial charge in [-0.2, -0.15) is 13.2 Å². The van der Waals surface area contributed by atoms with E-state index in [0.29, 0.717) is 5.69 Å². The summed E-state index contributed by atoms with van der Waals surface area (Å²) in [5.74, 6) is 0. The lowest BCUT2D eigenvalue weighted by atomic mass is 10.2. The highest BCUT2D eigenvalue weighted by Crippen LogP contribution is 2.44. The van der Waals surface area contributed by atoms with Crippen molar-refractivity contribution in [2.75, 3.05) is 11.9 Å². The highest BCUT2D eigenvalue weighted by atomic mass is 32.2. The maximum Gasteiger partial charge on any atom is 0.416 e. The second kappa shape index (κ2) is 3.33. The highest BCUT2D eigenvalue weighted by molar-refractivity contribution is 8.00. The number of rotatable bonds is 0. The first-order chi connectivity index (χ1) is 6.89. The van der Waals surface area contributed by atoms with E-state index in [1.54, 1.807) is 17.8 Å². The van der Waals surface area contributed by atoms with Crippen molar-refractivity contribution in [3.63, 3.8) is 0 Å². The van der Waals surface area contributed by atoms with Gasteiger partial charge >= 0.3 is 6.18 Å². The SMILES string of the molecule is CC1Sc2ccc(C(F)(F)F)cc2N1C. The number of anilines is 1. The number of halogens is 3. The van der Waals surface area contributed by atoms with Crippen LogP contribution in [0.15, 0.2) is 23.1 Å². The van der Waals surface area contributed by atoms with Crippen molar-refractivity contribution in [3.05, 3.63) is 23.8 Å². The second-order valence-electron chi connectivity index (χ2n) is 3.51. The summed E-state index contributed by atoms with van der Waals surface area (Å²) in [5, 5.41) is 0.198. The van der Waals surface area contributed by atoms with Crippen LogP contribution in [0.5, 0.6) is 0 Å². The number of thioether (sulfide) groups is 1. The fourth-order valence-corrected chi connectivity index (χ4v) is 2.64. The third-order valence-corrected chi connectivity index (χ3v) is 3.77. The lowest BCUT2D eigenvalue weighted by Gasteiger charge is -2.17. The zero-order chi connectivity index (χ0) is 11.2. The lowest BCUT2D eigenvalue weighted by Crippen LogP contribution is -2.21. The molecule has 0 spiro atoms. The second-order valence-corrected chi connectivity index (χ2v) is 4.87. The Morgan fingerprint density at radius 2 is 2.00 bits per heavy atom. The Labute approximate surface area is 90.3 Å². The molecule has 1 nitrogen and oxygen atoms in total. The minimum absolute atomic E-state index is 0.198. The van der Waals surface area contributed by atoms with Gasteiger partial charge in [0.15, 0.2) is 0 Å². The van der Waals surface area contributed by atoms with Crippen LogP contribution in [0.4, 0.5) is 18.9 Å². The van der Waals surface area contributed by atoms with Gasteiger partial charge in [0.2, 0.25) is 0 Å². The molecule has 0 aliphatic carbocycles. The van der Waals surface area contributed by atoms with Crippen molar-refractivity contribution < 1.29 is 13.2 Å². The van der Waals surface area contributed by atoms with E-state index in [9.17, 15) is 13.2 Å². The van der Waals surface area contributed by atoms with Gasteiger partial charge in [0.05, 0.1) is 16.6 Å². The maximum absolute atomic E-state index is 12.5. The molecule has 5 heteroatoms. The van der Waals surface area contributed by atoms with Gasteiger partial charge in [0.1, 0.15) is 0 Å². The maximum atomic E-state index is 12.5. The molecule has 0 aromatic heterocycles. The van der Waals surface area contributed by atoms with Crippen LogP contribution in [0.1, 0.15) is 12.5 Å². The zero-order valence-corrected chi connectivity index (χ0v) is 9.12. The molecular formula is C10H10F3NS. The van der Waals surface area contributed by atoms with Gasteiger partial charge in [-0.05, 0) is 25.1 Å².